The Morgan fingerprint density at radius 3 is 1.62 bits per heavy atom. The lowest BCUT2D eigenvalue weighted by Gasteiger charge is -2.39. The van der Waals surface area contributed by atoms with Gasteiger partial charge in [0.25, 0.3) is 0 Å². The Bertz CT molecular complexity index is 965. The molecule has 0 amide bonds. The van der Waals surface area contributed by atoms with Crippen LogP contribution in [0, 0.1) is 0 Å². The Labute approximate surface area is 321 Å². The lowest BCUT2D eigenvalue weighted by molar-refractivity contribution is -0.305. The Balaban J connectivity index is 2.41. The molecule has 1 aliphatic heterocycles. The van der Waals surface area contributed by atoms with Crippen molar-refractivity contribution < 1.29 is 49.0 Å². The number of rotatable bonds is 34. The molecule has 53 heavy (non-hydrogen) atoms. The van der Waals surface area contributed by atoms with Gasteiger partial charge in [-0.05, 0) is 70.6 Å². The number of carbonyl (C=O) groups excluding carboxylic acids is 2. The van der Waals surface area contributed by atoms with Gasteiger partial charge in [-0.2, -0.15) is 0 Å². The van der Waals surface area contributed by atoms with Crippen LogP contribution in [0.4, 0.5) is 0 Å². The van der Waals surface area contributed by atoms with Gasteiger partial charge in [0.05, 0.1) is 13.2 Å². The summed E-state index contributed by atoms with van der Waals surface area (Å²) in [5.74, 6) is -0.865. The smallest absolute Gasteiger partial charge is 0.306 e. The Kier molecular flexibility index (Phi) is 31.8. The van der Waals surface area contributed by atoms with Crippen molar-refractivity contribution in [2.24, 2.45) is 0 Å². The number of carbonyl (C=O) groups is 2. The second-order valence-electron chi connectivity index (χ2n) is 14.4. The van der Waals surface area contributed by atoms with E-state index in [-0.39, 0.29) is 26.1 Å². The van der Waals surface area contributed by atoms with E-state index in [1.807, 2.05) is 0 Å². The molecule has 4 N–H and O–H groups in total. The molecule has 1 saturated heterocycles. The topological polar surface area (TPSA) is 152 Å². The molecule has 0 aromatic heterocycles. The minimum atomic E-state index is -1.60. The molecule has 10 nitrogen and oxygen atoms in total. The zero-order valence-corrected chi connectivity index (χ0v) is 33.3. The van der Waals surface area contributed by atoms with Gasteiger partial charge in [0.15, 0.2) is 12.4 Å². The van der Waals surface area contributed by atoms with Crippen molar-refractivity contribution in [3.63, 3.8) is 0 Å². The average Bonchev–Trinajstić information content (AvgIpc) is 3.15. The second kappa shape index (κ2) is 34.4. The third-order valence-electron chi connectivity index (χ3n) is 9.50. The van der Waals surface area contributed by atoms with E-state index in [1.54, 1.807) is 0 Å². The van der Waals surface area contributed by atoms with E-state index < -0.39 is 55.4 Å². The first-order valence-electron chi connectivity index (χ1n) is 21.1. The van der Waals surface area contributed by atoms with Crippen molar-refractivity contribution in [1.29, 1.82) is 0 Å². The van der Waals surface area contributed by atoms with Crippen LogP contribution >= 0.6 is 0 Å². The zero-order chi connectivity index (χ0) is 38.8. The van der Waals surface area contributed by atoms with Crippen molar-refractivity contribution in [3.05, 3.63) is 36.5 Å². The van der Waals surface area contributed by atoms with Crippen LogP contribution in [0.3, 0.4) is 0 Å². The molecular weight excluding hydrogens is 676 g/mol. The highest BCUT2D eigenvalue weighted by Gasteiger charge is 2.44. The van der Waals surface area contributed by atoms with Crippen LogP contribution in [0.2, 0.25) is 0 Å². The molecule has 10 heteroatoms. The summed E-state index contributed by atoms with van der Waals surface area (Å²) < 4.78 is 22.0. The number of esters is 2. The first kappa shape index (κ1) is 48.9. The van der Waals surface area contributed by atoms with Crippen LogP contribution < -0.4 is 0 Å². The van der Waals surface area contributed by atoms with Gasteiger partial charge < -0.3 is 39.4 Å². The normalized spacial score (nSPS) is 21.2. The summed E-state index contributed by atoms with van der Waals surface area (Å²) in [4.78, 5) is 25.2. The van der Waals surface area contributed by atoms with E-state index in [0.29, 0.717) is 12.8 Å². The summed E-state index contributed by atoms with van der Waals surface area (Å²) in [6, 6.07) is 0. The molecule has 6 atom stereocenters. The molecular formula is C43H76O10. The fraction of sp³-hybridized carbons (Fsp3) is 0.814. The third kappa shape index (κ3) is 26.4. The van der Waals surface area contributed by atoms with E-state index in [9.17, 15) is 30.0 Å². The Morgan fingerprint density at radius 1 is 0.585 bits per heavy atom. The van der Waals surface area contributed by atoms with Crippen LogP contribution in [0.5, 0.6) is 0 Å². The van der Waals surface area contributed by atoms with E-state index in [2.05, 4.69) is 50.3 Å². The molecule has 0 aromatic rings. The van der Waals surface area contributed by atoms with Gasteiger partial charge in [-0.3, -0.25) is 9.59 Å². The Morgan fingerprint density at radius 2 is 1.06 bits per heavy atom. The van der Waals surface area contributed by atoms with Gasteiger partial charge in [0, 0.05) is 12.8 Å². The van der Waals surface area contributed by atoms with Crippen LogP contribution in [0.25, 0.3) is 0 Å². The van der Waals surface area contributed by atoms with Crippen molar-refractivity contribution >= 4 is 11.9 Å². The van der Waals surface area contributed by atoms with E-state index in [4.69, 9.17) is 18.9 Å². The van der Waals surface area contributed by atoms with Gasteiger partial charge in [-0.25, -0.2) is 0 Å². The highest BCUT2D eigenvalue weighted by atomic mass is 16.7. The molecule has 1 aliphatic rings. The highest BCUT2D eigenvalue weighted by molar-refractivity contribution is 5.70. The lowest BCUT2D eigenvalue weighted by atomic mass is 9.99. The number of hydrogen-bond donors (Lipinski definition) is 4. The largest absolute Gasteiger partial charge is 0.462 e. The molecule has 0 bridgehead atoms. The highest BCUT2D eigenvalue weighted by Crippen LogP contribution is 2.22. The molecule has 1 rings (SSSR count). The average molecular weight is 753 g/mol. The van der Waals surface area contributed by atoms with Gasteiger partial charge in [-0.15, -0.1) is 0 Å². The minimum Gasteiger partial charge on any atom is -0.462 e. The SMILES string of the molecule is CCCCCCCC/C=C/C/C=C/CCCCC(=O)O[C@H](COC(=O)CCCCC/C=C/CCCCCCCC)CO[C@@H]1O[C@H](CO)[C@H](O)C(O)C1O. The standard InChI is InChI=1S/C43H76O10/c1-3-5-7-9-11-13-15-17-18-20-22-24-26-28-30-32-39(46)52-36(35-51-43-42(49)41(48)40(47)37(33-44)53-43)34-50-38(45)31-29-27-25-23-21-19-16-14-12-10-8-6-4-2/h17-19,21-22,24,36-37,40-44,47-49H,3-16,20,23,25-35H2,1-2H3/b18-17+,21-19+,24-22+/t36-,37-,40+,41?,42?,43-/m1/s1. The number of aliphatic hydroxyl groups excluding tert-OH is 4. The maximum Gasteiger partial charge on any atom is 0.306 e. The zero-order valence-electron chi connectivity index (χ0n) is 33.3. The summed E-state index contributed by atoms with van der Waals surface area (Å²) in [5.41, 5.74) is 0. The molecule has 308 valence electrons. The van der Waals surface area contributed by atoms with Crippen LogP contribution in [-0.2, 0) is 28.5 Å². The van der Waals surface area contributed by atoms with E-state index >= 15 is 0 Å². The predicted molar refractivity (Wildman–Crippen MR) is 210 cm³/mol. The molecule has 1 fully saturated rings. The number of allylic oxidation sites excluding steroid dienone is 6. The summed E-state index contributed by atoms with van der Waals surface area (Å²) in [5, 5.41) is 40.0. The molecule has 0 spiro atoms. The molecule has 0 saturated carbocycles. The molecule has 0 aliphatic carbocycles. The van der Waals surface area contributed by atoms with Crippen molar-refractivity contribution in [2.45, 2.75) is 205 Å². The maximum atomic E-state index is 12.7. The maximum absolute atomic E-state index is 12.7. The number of ether oxygens (including phenoxy) is 4. The van der Waals surface area contributed by atoms with Crippen LogP contribution in [-0.4, -0.2) is 89.0 Å². The van der Waals surface area contributed by atoms with Crippen molar-refractivity contribution in [3.8, 4) is 0 Å². The fourth-order valence-corrected chi connectivity index (χ4v) is 6.09. The van der Waals surface area contributed by atoms with Crippen LogP contribution in [0.1, 0.15) is 168 Å². The lowest BCUT2D eigenvalue weighted by Crippen LogP contribution is -2.59. The number of unbranched alkanes of at least 4 members (excludes halogenated alkanes) is 17. The van der Waals surface area contributed by atoms with Gasteiger partial charge in [0.2, 0.25) is 0 Å². The van der Waals surface area contributed by atoms with Crippen molar-refractivity contribution in [2.75, 3.05) is 19.8 Å². The molecule has 0 radical (unpaired) electrons. The summed E-state index contributed by atoms with van der Waals surface area (Å²) in [7, 11) is 0. The van der Waals surface area contributed by atoms with Gasteiger partial charge in [-0.1, -0.05) is 121 Å². The first-order valence-corrected chi connectivity index (χ1v) is 21.1. The second-order valence-corrected chi connectivity index (χ2v) is 14.4. The molecule has 1 heterocycles. The van der Waals surface area contributed by atoms with Gasteiger partial charge >= 0.3 is 11.9 Å². The monoisotopic (exact) mass is 753 g/mol. The van der Waals surface area contributed by atoms with Gasteiger partial charge in [0.1, 0.15) is 31.0 Å². The minimum absolute atomic E-state index is 0.184. The predicted octanol–water partition coefficient (Wildman–Crippen LogP) is 8.33. The first-order chi connectivity index (χ1) is 25.8. The molecule has 2 unspecified atom stereocenters. The third-order valence-corrected chi connectivity index (χ3v) is 9.50. The summed E-state index contributed by atoms with van der Waals surface area (Å²) in [6.45, 7) is 3.34. The number of aliphatic hydroxyl groups is 4. The number of hydrogen-bond acceptors (Lipinski definition) is 10. The van der Waals surface area contributed by atoms with Crippen molar-refractivity contribution in [1.82, 2.24) is 0 Å². The Hall–Kier alpha value is -2.08. The van der Waals surface area contributed by atoms with Crippen LogP contribution in [0.15, 0.2) is 36.5 Å². The van der Waals surface area contributed by atoms with E-state index in [0.717, 1.165) is 51.4 Å². The quantitative estimate of drug-likeness (QED) is 0.0287. The molecule has 0 aromatic carbocycles. The fourth-order valence-electron chi connectivity index (χ4n) is 6.09. The summed E-state index contributed by atoms with van der Waals surface area (Å²) >= 11 is 0. The summed E-state index contributed by atoms with van der Waals surface area (Å²) in [6.07, 6.45) is 30.1. The van der Waals surface area contributed by atoms with E-state index in [1.165, 1.54) is 77.0 Å².